The number of ketones is 1. The normalized spacial score (nSPS) is 42.3. The van der Waals surface area contributed by atoms with E-state index in [2.05, 4.69) is 26.8 Å². The predicted molar refractivity (Wildman–Crippen MR) is 250 cm³/mol. The molecule has 1 aliphatic carbocycles. The van der Waals surface area contributed by atoms with Gasteiger partial charge in [-0.05, 0) is 119 Å². The molecule has 0 aromatic carbocycles. The van der Waals surface area contributed by atoms with E-state index in [0.717, 1.165) is 12.0 Å². The van der Waals surface area contributed by atoms with Crippen LogP contribution in [0.3, 0.4) is 0 Å². The first-order valence-electron chi connectivity index (χ1n) is 24.5. The van der Waals surface area contributed by atoms with Crippen molar-refractivity contribution in [2.45, 2.75) is 200 Å². The molecule has 1 amide bonds. The number of hydrogen-bond acceptors (Lipinski definition) is 12. The number of rotatable bonds is 5. The quantitative estimate of drug-likeness (QED) is 0.111. The molecular formula is C52H85NO12. The molecule has 370 valence electrons. The molecule has 2 bridgehead atoms. The summed E-state index contributed by atoms with van der Waals surface area (Å²) in [6.45, 7) is 17.6. The summed E-state index contributed by atoms with van der Waals surface area (Å²) < 4.78 is 23.9. The third kappa shape index (κ3) is 14.4. The van der Waals surface area contributed by atoms with Crippen LogP contribution in [-0.2, 0) is 33.3 Å². The first-order chi connectivity index (χ1) is 30.5. The maximum atomic E-state index is 14.4. The molecule has 5 N–H and O–H groups in total. The number of allylic oxidation sites excluding steroid dienone is 6. The second-order valence-electron chi connectivity index (χ2n) is 21.1. The fourth-order valence-electron chi connectivity index (χ4n) is 10.5. The summed E-state index contributed by atoms with van der Waals surface area (Å²) in [5.41, 5.74) is 1.20. The number of methoxy groups -OCH3 is 2. The number of carbonyl (C=O) groups is 3. The number of esters is 1. The Balaban J connectivity index is 1.70. The van der Waals surface area contributed by atoms with Gasteiger partial charge in [-0.1, -0.05) is 90.5 Å². The van der Waals surface area contributed by atoms with E-state index in [4.69, 9.17) is 18.9 Å². The van der Waals surface area contributed by atoms with Crippen LogP contribution in [0, 0.1) is 40.9 Å². The van der Waals surface area contributed by atoms with Crippen LogP contribution in [0.15, 0.2) is 47.6 Å². The molecule has 4 aliphatic rings. The van der Waals surface area contributed by atoms with E-state index < -0.39 is 84.1 Å². The Morgan fingerprint density at radius 2 is 1.57 bits per heavy atom. The molecule has 1 saturated carbocycles. The molecule has 0 radical (unpaired) electrons. The highest BCUT2D eigenvalue weighted by atomic mass is 16.6. The summed E-state index contributed by atoms with van der Waals surface area (Å²) in [5.74, 6) is -6.50. The zero-order chi connectivity index (χ0) is 48.4. The van der Waals surface area contributed by atoms with Crippen LogP contribution in [-0.4, -0.2) is 130 Å². The lowest BCUT2D eigenvalue weighted by Crippen LogP contribution is -2.61. The zero-order valence-electron chi connectivity index (χ0n) is 41.4. The van der Waals surface area contributed by atoms with Crippen molar-refractivity contribution in [2.75, 3.05) is 20.8 Å². The number of aliphatic hydroxyl groups is 5. The van der Waals surface area contributed by atoms with Gasteiger partial charge in [-0.25, -0.2) is 4.79 Å². The van der Waals surface area contributed by atoms with Crippen molar-refractivity contribution in [1.29, 1.82) is 0 Å². The highest BCUT2D eigenvalue weighted by Gasteiger charge is 2.53. The number of ether oxygens (including phenoxy) is 4. The van der Waals surface area contributed by atoms with E-state index in [-0.39, 0.29) is 54.6 Å². The lowest BCUT2D eigenvalue weighted by Gasteiger charge is -2.44. The molecule has 3 heterocycles. The molecular weight excluding hydrogens is 831 g/mol. The maximum Gasteiger partial charge on any atom is 0.329 e. The largest absolute Gasteiger partial charge is 0.460 e. The van der Waals surface area contributed by atoms with Gasteiger partial charge in [0, 0.05) is 39.0 Å². The number of amides is 1. The van der Waals surface area contributed by atoms with Crippen LogP contribution >= 0.6 is 0 Å². The van der Waals surface area contributed by atoms with E-state index in [9.17, 15) is 39.9 Å². The molecule has 2 saturated heterocycles. The van der Waals surface area contributed by atoms with E-state index in [1.807, 2.05) is 52.0 Å². The van der Waals surface area contributed by atoms with Gasteiger partial charge in [-0.15, -0.1) is 0 Å². The van der Waals surface area contributed by atoms with Crippen LogP contribution in [0.4, 0.5) is 0 Å². The molecule has 4 rings (SSSR count). The summed E-state index contributed by atoms with van der Waals surface area (Å²) in [4.78, 5) is 44.2. The fraction of sp³-hybridized carbons (Fsp3) is 0.788. The van der Waals surface area contributed by atoms with Crippen LogP contribution in [0.1, 0.15) is 139 Å². The average molecular weight is 916 g/mol. The number of fused-ring (bicyclic) bond motifs is 3. The Hall–Kier alpha value is -2.75. The van der Waals surface area contributed by atoms with Gasteiger partial charge in [0.15, 0.2) is 0 Å². The van der Waals surface area contributed by atoms with E-state index >= 15 is 0 Å². The Kier molecular flexibility index (Phi) is 20.7. The fourth-order valence-corrected chi connectivity index (χ4v) is 10.5. The lowest BCUT2D eigenvalue weighted by atomic mass is 9.76. The molecule has 16 unspecified atom stereocenters. The highest BCUT2D eigenvalue weighted by molar-refractivity contribution is 6.39. The highest BCUT2D eigenvalue weighted by Crippen LogP contribution is 2.41. The maximum absolute atomic E-state index is 14.4. The van der Waals surface area contributed by atoms with Gasteiger partial charge in [0.2, 0.25) is 5.79 Å². The third-order valence-electron chi connectivity index (χ3n) is 15.4. The molecule has 0 aromatic rings. The van der Waals surface area contributed by atoms with Crippen molar-refractivity contribution in [3.8, 4) is 0 Å². The number of carbonyl (C=O) groups excluding carboxylic acids is 3. The smallest absolute Gasteiger partial charge is 0.329 e. The van der Waals surface area contributed by atoms with E-state index in [1.54, 1.807) is 27.0 Å². The van der Waals surface area contributed by atoms with E-state index in [0.29, 0.717) is 63.4 Å². The summed E-state index contributed by atoms with van der Waals surface area (Å²) in [6, 6.07) is -1.09. The Morgan fingerprint density at radius 3 is 2.25 bits per heavy atom. The minimum absolute atomic E-state index is 0.0437. The van der Waals surface area contributed by atoms with Crippen molar-refractivity contribution in [3.63, 3.8) is 0 Å². The van der Waals surface area contributed by atoms with Gasteiger partial charge in [0.05, 0.1) is 30.5 Å². The van der Waals surface area contributed by atoms with Crippen LogP contribution in [0.25, 0.3) is 0 Å². The van der Waals surface area contributed by atoms with Crippen molar-refractivity contribution in [2.24, 2.45) is 40.9 Å². The van der Waals surface area contributed by atoms with Crippen LogP contribution < -0.4 is 0 Å². The minimum atomic E-state index is -2.37. The SMILES string of the molecule is COC1CC(CC(C)C2CC(O)C(C)/C=C(\C)C(O)C(OC)C(O)C(C)CC(C)/C=C/C=C/C=C(\C)C(C)(C)CC3CCC(C)C(O)(O3)C(=O)C(=O)N3CCCCC3C(=O)O2)CCC1O. The minimum Gasteiger partial charge on any atom is -0.460 e. The first kappa shape index (κ1) is 54.9. The average Bonchev–Trinajstić information content (AvgIpc) is 3.26. The molecule has 65 heavy (non-hydrogen) atoms. The predicted octanol–water partition coefficient (Wildman–Crippen LogP) is 6.78. The Bertz CT molecular complexity index is 1690. The molecule has 13 nitrogen and oxygen atoms in total. The van der Waals surface area contributed by atoms with Gasteiger partial charge in [0.25, 0.3) is 11.7 Å². The van der Waals surface area contributed by atoms with Crippen LogP contribution in [0.5, 0.6) is 0 Å². The monoisotopic (exact) mass is 916 g/mol. The van der Waals surface area contributed by atoms with E-state index in [1.165, 1.54) is 12.0 Å². The van der Waals surface area contributed by atoms with Gasteiger partial charge < -0.3 is 49.4 Å². The summed E-state index contributed by atoms with van der Waals surface area (Å²) in [5, 5.41) is 57.3. The Labute approximate surface area is 389 Å². The number of piperidine rings is 1. The van der Waals surface area contributed by atoms with Gasteiger partial charge in [0.1, 0.15) is 24.4 Å². The topological polar surface area (TPSA) is 193 Å². The first-order valence-corrected chi connectivity index (χ1v) is 24.5. The molecule has 13 heteroatoms. The Morgan fingerprint density at radius 1 is 0.862 bits per heavy atom. The second kappa shape index (κ2) is 24.5. The second-order valence-corrected chi connectivity index (χ2v) is 21.1. The number of Topliss-reactive ketones (excluding diaryl/α,β-unsaturated/α-hetero) is 1. The lowest BCUT2D eigenvalue weighted by molar-refractivity contribution is -0.266. The van der Waals surface area contributed by atoms with Gasteiger partial charge >= 0.3 is 5.97 Å². The van der Waals surface area contributed by atoms with Crippen LogP contribution in [0.2, 0.25) is 0 Å². The third-order valence-corrected chi connectivity index (χ3v) is 15.4. The van der Waals surface area contributed by atoms with Crippen molar-refractivity contribution < 1.29 is 58.9 Å². The van der Waals surface area contributed by atoms with Gasteiger partial charge in [-0.3, -0.25) is 9.59 Å². The molecule has 0 spiro atoms. The standard InChI is InChI=1S/C52H85NO12/c1-31-17-13-12-14-18-36(6)51(8,9)30-39-22-20-37(7)52(61,65-39)48(58)49(59)53-24-16-15-19-40(53)50(60)64-43(33(3)27-38-21-23-41(54)44(28-38)62-10)29-42(55)32(2)26-35(5)46(57)47(63-11)45(56)34(4)25-31/h12-14,17-18,26,31-34,37-47,54-57,61H,15-16,19-25,27-30H2,1-11H3/b14-12+,17-13+,35-26+,36-18+. The number of cyclic esters (lactones) is 1. The number of nitrogens with zero attached hydrogens (tertiary/aromatic N) is 1. The van der Waals surface area contributed by atoms with Crippen molar-refractivity contribution in [3.05, 3.63) is 47.6 Å². The van der Waals surface area contributed by atoms with Gasteiger partial charge in [-0.2, -0.15) is 0 Å². The van der Waals surface area contributed by atoms with Crippen molar-refractivity contribution in [1.82, 2.24) is 4.90 Å². The summed E-state index contributed by atoms with van der Waals surface area (Å²) in [7, 11) is 3.05. The number of aliphatic hydroxyl groups excluding tert-OH is 4. The number of hydrogen-bond donors (Lipinski definition) is 5. The van der Waals surface area contributed by atoms with Crippen molar-refractivity contribution >= 4 is 17.7 Å². The molecule has 3 aliphatic heterocycles. The zero-order valence-corrected chi connectivity index (χ0v) is 41.4. The molecule has 3 fully saturated rings. The molecule has 0 aromatic heterocycles. The summed E-state index contributed by atoms with van der Waals surface area (Å²) >= 11 is 0. The summed E-state index contributed by atoms with van der Waals surface area (Å²) in [6.07, 6.45) is 11.8. The molecule has 16 atom stereocenters.